The van der Waals surface area contributed by atoms with Gasteiger partial charge in [-0.25, -0.2) is 13.1 Å². The lowest BCUT2D eigenvalue weighted by Gasteiger charge is -2.14. The normalized spacial score (nSPS) is 13.2. The van der Waals surface area contributed by atoms with Crippen molar-refractivity contribution in [1.82, 2.24) is 4.72 Å². The average molecular weight is 345 g/mol. The Hall–Kier alpha value is -1.22. The fraction of sp³-hybridized carbons (Fsp3) is 0.308. The van der Waals surface area contributed by atoms with Gasteiger partial charge < -0.3 is 5.11 Å². The van der Waals surface area contributed by atoms with Crippen LogP contribution in [0.4, 0.5) is 0 Å². The van der Waals surface area contributed by atoms with E-state index in [1.807, 2.05) is 24.4 Å². The van der Waals surface area contributed by atoms with Crippen LogP contribution in [0.15, 0.2) is 33.9 Å². The molecule has 0 bridgehead atoms. The molecule has 1 unspecified atom stereocenters. The molecule has 0 aromatic carbocycles. The van der Waals surface area contributed by atoms with Crippen LogP contribution in [0.1, 0.15) is 29.1 Å². The molecule has 0 aliphatic heterocycles. The summed E-state index contributed by atoms with van der Waals surface area (Å²) in [5.74, 6) is -0.973. The smallest absolute Gasteiger partial charge is 0.308 e. The Kier molecular flexibility index (Phi) is 5.15. The van der Waals surface area contributed by atoms with Crippen LogP contribution in [0.2, 0.25) is 0 Å². The second kappa shape index (κ2) is 6.69. The molecule has 0 aliphatic carbocycles. The monoisotopic (exact) mass is 345 g/mol. The van der Waals surface area contributed by atoms with Crippen molar-refractivity contribution in [3.63, 3.8) is 0 Å². The van der Waals surface area contributed by atoms with Gasteiger partial charge in [-0.1, -0.05) is 13.0 Å². The lowest BCUT2D eigenvalue weighted by atomic mass is 10.2. The van der Waals surface area contributed by atoms with Crippen LogP contribution in [-0.2, 0) is 21.2 Å². The van der Waals surface area contributed by atoms with Gasteiger partial charge in [-0.15, -0.1) is 22.7 Å². The zero-order valence-electron chi connectivity index (χ0n) is 11.3. The molecule has 2 aromatic heterocycles. The predicted octanol–water partition coefficient (Wildman–Crippen LogP) is 2.87. The Morgan fingerprint density at radius 3 is 2.71 bits per heavy atom. The Morgan fingerprint density at radius 2 is 2.14 bits per heavy atom. The van der Waals surface area contributed by atoms with E-state index in [4.69, 9.17) is 5.11 Å². The molecular formula is C13H15NO4S3. The van der Waals surface area contributed by atoms with E-state index in [-0.39, 0.29) is 16.7 Å². The predicted molar refractivity (Wildman–Crippen MR) is 83.3 cm³/mol. The number of hydrogen-bond acceptors (Lipinski definition) is 5. The average Bonchev–Trinajstić information content (AvgIpc) is 3.06. The third kappa shape index (κ3) is 4.13. The van der Waals surface area contributed by atoms with Gasteiger partial charge in [0, 0.05) is 9.75 Å². The van der Waals surface area contributed by atoms with E-state index in [0.29, 0.717) is 11.3 Å². The van der Waals surface area contributed by atoms with Crippen LogP contribution in [-0.4, -0.2) is 19.5 Å². The molecule has 1 atom stereocenters. The summed E-state index contributed by atoms with van der Waals surface area (Å²) in [5, 5.41) is 10.6. The Balaban J connectivity index is 2.17. The molecule has 114 valence electrons. The minimum atomic E-state index is -3.63. The van der Waals surface area contributed by atoms with Gasteiger partial charge in [0.15, 0.2) is 0 Å². The molecule has 0 saturated carbocycles. The van der Waals surface area contributed by atoms with Gasteiger partial charge >= 0.3 is 5.97 Å². The number of carboxylic acid groups (broad SMARTS) is 1. The first-order valence-electron chi connectivity index (χ1n) is 6.28. The summed E-state index contributed by atoms with van der Waals surface area (Å²) in [6, 6.07) is 6.50. The molecule has 0 spiro atoms. The number of sulfonamides is 1. The van der Waals surface area contributed by atoms with Crippen molar-refractivity contribution in [1.29, 1.82) is 0 Å². The van der Waals surface area contributed by atoms with Crippen molar-refractivity contribution < 1.29 is 18.3 Å². The number of nitrogens with one attached hydrogen (secondary N) is 1. The molecule has 0 fully saturated rings. The van der Waals surface area contributed by atoms with Crippen molar-refractivity contribution in [2.75, 3.05) is 0 Å². The summed E-state index contributed by atoms with van der Waals surface area (Å²) >= 11 is 2.49. The third-order valence-corrected chi connectivity index (χ3v) is 6.85. The second-order valence-electron chi connectivity index (χ2n) is 4.39. The SMILES string of the molecule is CCC(NS(=O)(=O)c1ccc(CC(=O)O)s1)c1cccs1. The summed E-state index contributed by atoms with van der Waals surface area (Å²) in [6.45, 7) is 1.91. The van der Waals surface area contributed by atoms with Crippen molar-refractivity contribution in [3.8, 4) is 0 Å². The van der Waals surface area contributed by atoms with Crippen molar-refractivity contribution in [2.45, 2.75) is 30.0 Å². The Labute approximate surface area is 131 Å². The minimum Gasteiger partial charge on any atom is -0.481 e. The van der Waals surface area contributed by atoms with Crippen LogP contribution >= 0.6 is 22.7 Å². The highest BCUT2D eigenvalue weighted by molar-refractivity contribution is 7.91. The highest BCUT2D eigenvalue weighted by Gasteiger charge is 2.22. The molecule has 0 saturated heterocycles. The standard InChI is InChI=1S/C13H15NO4S3/c1-2-10(11-4-3-7-19-11)14-21(17,18)13-6-5-9(20-13)8-12(15)16/h3-7,10,14H,2,8H2,1H3,(H,15,16). The van der Waals surface area contributed by atoms with Crippen LogP contribution in [0, 0.1) is 0 Å². The van der Waals surface area contributed by atoms with Crippen molar-refractivity contribution >= 4 is 38.7 Å². The largest absolute Gasteiger partial charge is 0.481 e. The van der Waals surface area contributed by atoms with Crippen LogP contribution < -0.4 is 4.72 Å². The molecule has 5 nitrogen and oxygen atoms in total. The van der Waals surface area contributed by atoms with Gasteiger partial charge in [-0.3, -0.25) is 4.79 Å². The summed E-state index contributed by atoms with van der Waals surface area (Å²) in [5.41, 5.74) is 0. The highest BCUT2D eigenvalue weighted by atomic mass is 32.2. The molecule has 0 amide bonds. The maximum absolute atomic E-state index is 12.4. The van der Waals surface area contributed by atoms with Crippen LogP contribution in [0.5, 0.6) is 0 Å². The third-order valence-electron chi connectivity index (χ3n) is 2.82. The molecular weight excluding hydrogens is 330 g/mol. The zero-order valence-corrected chi connectivity index (χ0v) is 13.7. The topological polar surface area (TPSA) is 83.5 Å². The van der Waals surface area contributed by atoms with E-state index in [1.165, 1.54) is 17.4 Å². The van der Waals surface area contributed by atoms with Crippen molar-refractivity contribution in [2.24, 2.45) is 0 Å². The summed E-state index contributed by atoms with van der Waals surface area (Å²) in [7, 11) is -3.63. The molecule has 0 aliphatic rings. The number of hydrogen-bond donors (Lipinski definition) is 2. The van der Waals surface area contributed by atoms with E-state index in [2.05, 4.69) is 4.72 Å². The number of aliphatic carboxylic acids is 1. The van der Waals surface area contributed by atoms with Crippen LogP contribution in [0.25, 0.3) is 0 Å². The van der Waals surface area contributed by atoms with E-state index in [0.717, 1.165) is 16.2 Å². The maximum Gasteiger partial charge on any atom is 0.308 e. The zero-order chi connectivity index (χ0) is 15.5. The number of carboxylic acids is 1. The maximum atomic E-state index is 12.4. The highest BCUT2D eigenvalue weighted by Crippen LogP contribution is 2.27. The summed E-state index contributed by atoms with van der Waals surface area (Å²) in [4.78, 5) is 12.1. The molecule has 2 rings (SSSR count). The molecule has 21 heavy (non-hydrogen) atoms. The molecule has 2 aromatic rings. The lowest BCUT2D eigenvalue weighted by molar-refractivity contribution is -0.136. The van der Waals surface area contributed by atoms with Gasteiger partial charge in [0.05, 0.1) is 12.5 Å². The quantitative estimate of drug-likeness (QED) is 0.808. The summed E-state index contributed by atoms with van der Waals surface area (Å²) in [6.07, 6.45) is 0.482. The Morgan fingerprint density at radius 1 is 1.38 bits per heavy atom. The molecule has 2 N–H and O–H groups in total. The van der Waals surface area contributed by atoms with E-state index >= 15 is 0 Å². The fourth-order valence-electron chi connectivity index (χ4n) is 1.82. The molecule has 2 heterocycles. The number of carbonyl (C=O) groups is 1. The first-order chi connectivity index (χ1) is 9.92. The molecule has 8 heteroatoms. The first kappa shape index (κ1) is 16.2. The van der Waals surface area contributed by atoms with E-state index in [9.17, 15) is 13.2 Å². The van der Waals surface area contributed by atoms with Gasteiger partial charge in [-0.2, -0.15) is 0 Å². The second-order valence-corrected chi connectivity index (χ2v) is 8.48. The minimum absolute atomic E-state index is 0.147. The lowest BCUT2D eigenvalue weighted by Crippen LogP contribution is -2.27. The van der Waals surface area contributed by atoms with Gasteiger partial charge in [0.2, 0.25) is 0 Å². The number of rotatable bonds is 7. The number of thiophene rings is 2. The first-order valence-corrected chi connectivity index (χ1v) is 9.46. The van der Waals surface area contributed by atoms with Crippen LogP contribution in [0.3, 0.4) is 0 Å². The molecule has 0 radical (unpaired) electrons. The van der Waals surface area contributed by atoms with Gasteiger partial charge in [0.25, 0.3) is 10.0 Å². The van der Waals surface area contributed by atoms with Gasteiger partial charge in [0.1, 0.15) is 4.21 Å². The van der Waals surface area contributed by atoms with Gasteiger partial charge in [-0.05, 0) is 30.0 Å². The van der Waals surface area contributed by atoms with Crippen molar-refractivity contribution in [3.05, 3.63) is 39.4 Å². The fourth-order valence-corrected chi connectivity index (χ4v) is 5.42. The van der Waals surface area contributed by atoms with E-state index in [1.54, 1.807) is 6.07 Å². The Bertz CT molecular complexity index is 704. The summed E-state index contributed by atoms with van der Waals surface area (Å²) < 4.78 is 27.5. The van der Waals surface area contributed by atoms with E-state index < -0.39 is 16.0 Å².